The second kappa shape index (κ2) is 7.47. The zero-order valence-corrected chi connectivity index (χ0v) is 12.4. The lowest BCUT2D eigenvalue weighted by molar-refractivity contribution is 0.0223. The minimum absolute atomic E-state index is 0.469. The number of aryl methyl sites for hydroxylation is 1. The summed E-state index contributed by atoms with van der Waals surface area (Å²) >= 11 is 5.87. The highest BCUT2D eigenvalue weighted by Gasteiger charge is 2.27. The van der Waals surface area contributed by atoms with E-state index >= 15 is 0 Å². The number of hydrogen-bond acceptors (Lipinski definition) is 1. The summed E-state index contributed by atoms with van der Waals surface area (Å²) < 4.78 is 0. The first-order valence-corrected chi connectivity index (χ1v) is 7.66. The molecule has 0 spiro atoms. The first-order valence-electron chi connectivity index (χ1n) is 7.12. The molecule has 0 bridgehead atoms. The van der Waals surface area contributed by atoms with E-state index in [4.69, 9.17) is 11.6 Å². The van der Waals surface area contributed by atoms with E-state index in [-0.39, 0.29) is 0 Å². The molecule has 0 aliphatic heterocycles. The van der Waals surface area contributed by atoms with Crippen LogP contribution in [0.2, 0.25) is 0 Å². The summed E-state index contributed by atoms with van der Waals surface area (Å²) in [6, 6.07) is 20.2. The second-order valence-corrected chi connectivity index (χ2v) is 5.55. The molecule has 0 aliphatic rings. The molecule has 0 saturated carbocycles. The highest BCUT2D eigenvalue weighted by atomic mass is 35.5. The molecule has 0 saturated heterocycles. The largest absolute Gasteiger partial charge is 0.385 e. The minimum atomic E-state index is -0.808. The Morgan fingerprint density at radius 1 is 0.850 bits per heavy atom. The quantitative estimate of drug-likeness (QED) is 0.742. The van der Waals surface area contributed by atoms with Crippen LogP contribution in [0, 0.1) is 0 Å². The minimum Gasteiger partial charge on any atom is -0.385 e. The topological polar surface area (TPSA) is 20.2 Å². The molecule has 0 aliphatic carbocycles. The third-order valence-corrected chi connectivity index (χ3v) is 3.91. The van der Waals surface area contributed by atoms with E-state index in [1.807, 2.05) is 36.4 Å². The van der Waals surface area contributed by atoms with E-state index in [0.29, 0.717) is 12.3 Å². The average Bonchev–Trinajstić information content (AvgIpc) is 2.49. The van der Waals surface area contributed by atoms with Gasteiger partial charge in [-0.25, -0.2) is 0 Å². The van der Waals surface area contributed by atoms with Gasteiger partial charge in [0.2, 0.25) is 0 Å². The highest BCUT2D eigenvalue weighted by Crippen LogP contribution is 2.31. The van der Waals surface area contributed by atoms with Gasteiger partial charge >= 0.3 is 0 Å². The van der Waals surface area contributed by atoms with Crippen molar-refractivity contribution in [1.29, 1.82) is 0 Å². The molecule has 2 aromatic rings. The summed E-state index contributed by atoms with van der Waals surface area (Å²) in [6.07, 6.45) is 3.26. The molecule has 20 heavy (non-hydrogen) atoms. The molecule has 0 fully saturated rings. The Hall–Kier alpha value is -1.31. The van der Waals surface area contributed by atoms with Crippen molar-refractivity contribution in [2.75, 3.05) is 5.88 Å². The Balaban J connectivity index is 1.99. The summed E-state index contributed by atoms with van der Waals surface area (Å²) in [4.78, 5) is 0. The molecular formula is C18H21ClO. The smallest absolute Gasteiger partial charge is 0.0908 e. The van der Waals surface area contributed by atoms with Crippen molar-refractivity contribution >= 4 is 11.6 Å². The van der Waals surface area contributed by atoms with Crippen LogP contribution in [0.15, 0.2) is 60.7 Å². The lowest BCUT2D eigenvalue weighted by Crippen LogP contribution is -2.26. The van der Waals surface area contributed by atoms with Gasteiger partial charge in [0.15, 0.2) is 0 Å². The van der Waals surface area contributed by atoms with Crippen molar-refractivity contribution in [3.05, 3.63) is 71.8 Å². The number of hydrogen-bond donors (Lipinski definition) is 1. The summed E-state index contributed by atoms with van der Waals surface area (Å²) in [7, 11) is 0. The second-order valence-electron chi connectivity index (χ2n) is 5.18. The predicted octanol–water partition coefficient (Wildman–Crippen LogP) is 4.53. The average molecular weight is 289 g/mol. The van der Waals surface area contributed by atoms with Gasteiger partial charge in [0, 0.05) is 5.88 Å². The molecule has 1 unspecified atom stereocenters. The van der Waals surface area contributed by atoms with Crippen molar-refractivity contribution in [1.82, 2.24) is 0 Å². The van der Waals surface area contributed by atoms with Gasteiger partial charge in [0.25, 0.3) is 0 Å². The van der Waals surface area contributed by atoms with E-state index in [1.54, 1.807) is 0 Å². The van der Waals surface area contributed by atoms with Gasteiger partial charge in [-0.05, 0) is 36.8 Å². The normalized spacial score (nSPS) is 13.9. The van der Waals surface area contributed by atoms with Crippen molar-refractivity contribution in [3.63, 3.8) is 0 Å². The summed E-state index contributed by atoms with van der Waals surface area (Å²) in [5.41, 5.74) is 1.47. The zero-order valence-electron chi connectivity index (χ0n) is 11.6. The fourth-order valence-electron chi connectivity index (χ4n) is 2.55. The summed E-state index contributed by atoms with van der Waals surface area (Å²) in [5.74, 6) is 0.469. The predicted molar refractivity (Wildman–Crippen MR) is 85.1 cm³/mol. The first-order chi connectivity index (χ1) is 9.74. The lowest BCUT2D eigenvalue weighted by atomic mass is 9.85. The molecule has 2 rings (SSSR count). The lowest BCUT2D eigenvalue weighted by Gasteiger charge is -2.28. The summed E-state index contributed by atoms with van der Waals surface area (Å²) in [6.45, 7) is 0. The first kappa shape index (κ1) is 15.1. The van der Waals surface area contributed by atoms with Crippen molar-refractivity contribution in [3.8, 4) is 0 Å². The van der Waals surface area contributed by atoms with E-state index in [2.05, 4.69) is 24.3 Å². The van der Waals surface area contributed by atoms with Crippen molar-refractivity contribution < 1.29 is 5.11 Å². The van der Waals surface area contributed by atoms with Crippen LogP contribution in [-0.4, -0.2) is 11.0 Å². The van der Waals surface area contributed by atoms with Gasteiger partial charge < -0.3 is 5.11 Å². The standard InChI is InChI=1S/C18H21ClO/c19-15-14-18(20,17-11-5-2-6-12-17)13-7-10-16-8-3-1-4-9-16/h1-6,8-9,11-12,20H,7,10,13-15H2. The third kappa shape index (κ3) is 4.09. The number of alkyl halides is 1. The van der Waals surface area contributed by atoms with Gasteiger partial charge in [0.1, 0.15) is 0 Å². The van der Waals surface area contributed by atoms with Crippen LogP contribution in [-0.2, 0) is 12.0 Å². The fourth-order valence-corrected chi connectivity index (χ4v) is 2.86. The number of benzene rings is 2. The molecule has 0 aromatic heterocycles. The van der Waals surface area contributed by atoms with Crippen molar-refractivity contribution in [2.24, 2.45) is 0 Å². The zero-order chi connectivity index (χ0) is 14.3. The Kier molecular flexibility index (Phi) is 5.63. The van der Waals surface area contributed by atoms with E-state index in [9.17, 15) is 5.11 Å². The van der Waals surface area contributed by atoms with Crippen LogP contribution < -0.4 is 0 Å². The Morgan fingerprint density at radius 2 is 1.45 bits per heavy atom. The fraction of sp³-hybridized carbons (Fsp3) is 0.333. The number of halogens is 1. The highest BCUT2D eigenvalue weighted by molar-refractivity contribution is 6.17. The van der Waals surface area contributed by atoms with Gasteiger partial charge in [-0.15, -0.1) is 11.6 Å². The molecule has 1 nitrogen and oxygen atoms in total. The molecular weight excluding hydrogens is 268 g/mol. The monoisotopic (exact) mass is 288 g/mol. The molecule has 0 amide bonds. The molecule has 2 heteroatoms. The Labute approximate surface area is 126 Å². The van der Waals surface area contributed by atoms with Crippen molar-refractivity contribution in [2.45, 2.75) is 31.3 Å². The molecule has 2 aromatic carbocycles. The van der Waals surface area contributed by atoms with Gasteiger partial charge in [-0.1, -0.05) is 60.7 Å². The van der Waals surface area contributed by atoms with E-state index < -0.39 is 5.60 Å². The number of rotatable bonds is 7. The number of aliphatic hydroxyl groups is 1. The summed E-state index contributed by atoms with van der Waals surface area (Å²) in [5, 5.41) is 10.9. The maximum Gasteiger partial charge on any atom is 0.0908 e. The molecule has 0 heterocycles. The van der Waals surface area contributed by atoms with Crippen LogP contribution in [0.1, 0.15) is 30.4 Å². The molecule has 1 N–H and O–H groups in total. The SMILES string of the molecule is OC(CCCl)(CCCc1ccccc1)c1ccccc1. The Bertz CT molecular complexity index is 497. The van der Waals surface area contributed by atoms with Gasteiger partial charge in [-0.3, -0.25) is 0 Å². The van der Waals surface area contributed by atoms with E-state index in [0.717, 1.165) is 24.8 Å². The van der Waals surface area contributed by atoms with Gasteiger partial charge in [0.05, 0.1) is 5.60 Å². The molecule has 0 radical (unpaired) electrons. The van der Waals surface area contributed by atoms with E-state index in [1.165, 1.54) is 5.56 Å². The van der Waals surface area contributed by atoms with Gasteiger partial charge in [-0.2, -0.15) is 0 Å². The molecule has 1 atom stereocenters. The van der Waals surface area contributed by atoms with Crippen LogP contribution in [0.5, 0.6) is 0 Å². The van der Waals surface area contributed by atoms with Crippen LogP contribution >= 0.6 is 11.6 Å². The maximum atomic E-state index is 10.9. The van der Waals surface area contributed by atoms with Crippen LogP contribution in [0.4, 0.5) is 0 Å². The third-order valence-electron chi connectivity index (χ3n) is 3.72. The van der Waals surface area contributed by atoms with Crippen LogP contribution in [0.25, 0.3) is 0 Å². The van der Waals surface area contributed by atoms with Crippen LogP contribution in [0.3, 0.4) is 0 Å². The Morgan fingerprint density at radius 3 is 2.05 bits per heavy atom. The maximum absolute atomic E-state index is 10.9. The molecule has 106 valence electrons.